The van der Waals surface area contributed by atoms with Gasteiger partial charge in [0, 0.05) is 5.33 Å². The second-order valence-electron chi connectivity index (χ2n) is 4.89. The van der Waals surface area contributed by atoms with Crippen LogP contribution in [-0.2, 0) is 6.42 Å². The minimum absolute atomic E-state index is 0.721. The Bertz CT molecular complexity index is 325. The molecule has 18 heavy (non-hydrogen) atoms. The summed E-state index contributed by atoms with van der Waals surface area (Å²) < 4.78 is 5.42. The molecule has 0 aliphatic rings. The molecule has 102 valence electrons. The Kier molecular flexibility index (Phi) is 8.15. The van der Waals surface area contributed by atoms with Crippen LogP contribution in [0.5, 0.6) is 5.75 Å². The maximum absolute atomic E-state index is 5.42. The van der Waals surface area contributed by atoms with E-state index in [9.17, 15) is 0 Å². The second kappa shape index (κ2) is 9.43. The standard InChI is InChI=1S/C16H25BrO/c1-3-4-5-6-9-14(13-17)12-15-10-7-8-11-16(15)18-2/h7-8,10-11,14H,3-6,9,12-13H2,1-2H3. The minimum atomic E-state index is 0.721. The van der Waals surface area contributed by atoms with Crippen molar-refractivity contribution in [1.29, 1.82) is 0 Å². The van der Waals surface area contributed by atoms with E-state index in [0.717, 1.165) is 23.4 Å². The van der Waals surface area contributed by atoms with E-state index in [2.05, 4.69) is 41.1 Å². The second-order valence-corrected chi connectivity index (χ2v) is 5.53. The predicted molar refractivity (Wildman–Crippen MR) is 82.7 cm³/mol. The summed E-state index contributed by atoms with van der Waals surface area (Å²) in [5.74, 6) is 1.75. The fourth-order valence-corrected chi connectivity index (χ4v) is 2.83. The molecule has 1 aromatic carbocycles. The zero-order valence-electron chi connectivity index (χ0n) is 11.6. The van der Waals surface area contributed by atoms with E-state index in [4.69, 9.17) is 4.74 Å². The van der Waals surface area contributed by atoms with Gasteiger partial charge in [0.2, 0.25) is 0 Å². The van der Waals surface area contributed by atoms with Gasteiger partial charge in [0.05, 0.1) is 7.11 Å². The first-order valence-corrected chi connectivity index (χ1v) is 8.11. The van der Waals surface area contributed by atoms with Gasteiger partial charge < -0.3 is 4.74 Å². The van der Waals surface area contributed by atoms with Gasteiger partial charge >= 0.3 is 0 Å². The lowest BCUT2D eigenvalue weighted by molar-refractivity contribution is 0.403. The van der Waals surface area contributed by atoms with E-state index < -0.39 is 0 Å². The molecule has 0 N–H and O–H groups in total. The molecule has 0 radical (unpaired) electrons. The highest BCUT2D eigenvalue weighted by Gasteiger charge is 2.11. The normalized spacial score (nSPS) is 12.4. The molecule has 0 aliphatic carbocycles. The monoisotopic (exact) mass is 312 g/mol. The molecule has 0 spiro atoms. The number of hydrogen-bond donors (Lipinski definition) is 0. The molecule has 1 aromatic rings. The first-order valence-electron chi connectivity index (χ1n) is 6.99. The van der Waals surface area contributed by atoms with Crippen molar-refractivity contribution in [3.05, 3.63) is 29.8 Å². The molecule has 0 bridgehead atoms. The first-order chi connectivity index (χ1) is 8.81. The quantitative estimate of drug-likeness (QED) is 0.449. The van der Waals surface area contributed by atoms with Crippen LogP contribution in [0.15, 0.2) is 24.3 Å². The number of halogens is 1. The lowest BCUT2D eigenvalue weighted by Gasteiger charge is -2.16. The van der Waals surface area contributed by atoms with Crippen LogP contribution in [0.4, 0.5) is 0 Å². The number of methoxy groups -OCH3 is 1. The fourth-order valence-electron chi connectivity index (χ4n) is 2.28. The largest absolute Gasteiger partial charge is 0.496 e. The zero-order valence-corrected chi connectivity index (χ0v) is 13.2. The Morgan fingerprint density at radius 1 is 1.17 bits per heavy atom. The van der Waals surface area contributed by atoms with E-state index in [1.165, 1.54) is 37.7 Å². The van der Waals surface area contributed by atoms with Crippen LogP contribution in [0.1, 0.15) is 44.6 Å². The number of ether oxygens (including phenoxy) is 1. The molecule has 0 saturated carbocycles. The minimum Gasteiger partial charge on any atom is -0.496 e. The van der Waals surface area contributed by atoms with Gasteiger partial charge in [0.15, 0.2) is 0 Å². The van der Waals surface area contributed by atoms with Gasteiger partial charge in [-0.1, -0.05) is 66.7 Å². The third kappa shape index (κ3) is 5.43. The van der Waals surface area contributed by atoms with E-state index in [1.54, 1.807) is 7.11 Å². The van der Waals surface area contributed by atoms with Crippen molar-refractivity contribution in [2.75, 3.05) is 12.4 Å². The average Bonchev–Trinajstić information content (AvgIpc) is 2.42. The van der Waals surface area contributed by atoms with E-state index in [0.29, 0.717) is 0 Å². The van der Waals surface area contributed by atoms with E-state index in [-0.39, 0.29) is 0 Å². The van der Waals surface area contributed by atoms with Crippen LogP contribution in [0.25, 0.3) is 0 Å². The number of unbranched alkanes of at least 4 members (excludes halogenated alkanes) is 3. The average molecular weight is 313 g/mol. The van der Waals surface area contributed by atoms with Crippen molar-refractivity contribution in [1.82, 2.24) is 0 Å². The van der Waals surface area contributed by atoms with Crippen molar-refractivity contribution in [3.63, 3.8) is 0 Å². The predicted octanol–water partition coefficient (Wildman–Crippen LogP) is 5.22. The Morgan fingerprint density at radius 2 is 1.94 bits per heavy atom. The van der Waals surface area contributed by atoms with Crippen molar-refractivity contribution in [3.8, 4) is 5.75 Å². The van der Waals surface area contributed by atoms with Crippen LogP contribution in [0, 0.1) is 5.92 Å². The molecule has 0 saturated heterocycles. The SMILES string of the molecule is CCCCCCC(CBr)Cc1ccccc1OC. The van der Waals surface area contributed by atoms with Gasteiger partial charge in [-0.2, -0.15) is 0 Å². The third-order valence-corrected chi connectivity index (χ3v) is 4.30. The highest BCUT2D eigenvalue weighted by Crippen LogP contribution is 2.24. The van der Waals surface area contributed by atoms with Gasteiger partial charge in [0.1, 0.15) is 5.75 Å². The molecule has 0 aromatic heterocycles. The van der Waals surface area contributed by atoms with Crippen molar-refractivity contribution in [2.24, 2.45) is 5.92 Å². The first kappa shape index (κ1) is 15.6. The molecular weight excluding hydrogens is 288 g/mol. The summed E-state index contributed by atoms with van der Waals surface area (Å²) >= 11 is 3.65. The number of alkyl halides is 1. The summed E-state index contributed by atoms with van der Waals surface area (Å²) in [6.45, 7) is 2.26. The highest BCUT2D eigenvalue weighted by atomic mass is 79.9. The molecule has 1 unspecified atom stereocenters. The summed E-state index contributed by atoms with van der Waals surface area (Å²) in [5, 5.41) is 1.08. The smallest absolute Gasteiger partial charge is 0.122 e. The van der Waals surface area contributed by atoms with Crippen LogP contribution < -0.4 is 4.74 Å². The van der Waals surface area contributed by atoms with Gasteiger partial charge in [-0.25, -0.2) is 0 Å². The van der Waals surface area contributed by atoms with Crippen LogP contribution >= 0.6 is 15.9 Å². The lowest BCUT2D eigenvalue weighted by atomic mass is 9.95. The molecule has 0 amide bonds. The molecule has 1 nitrogen and oxygen atoms in total. The van der Waals surface area contributed by atoms with Gasteiger partial charge in [-0.15, -0.1) is 0 Å². The Morgan fingerprint density at radius 3 is 2.61 bits per heavy atom. The van der Waals surface area contributed by atoms with Crippen molar-refractivity contribution >= 4 is 15.9 Å². The van der Waals surface area contributed by atoms with Crippen molar-refractivity contribution in [2.45, 2.75) is 45.4 Å². The maximum atomic E-state index is 5.42. The molecular formula is C16H25BrO. The third-order valence-electron chi connectivity index (χ3n) is 3.39. The summed E-state index contributed by atoms with van der Waals surface area (Å²) in [5.41, 5.74) is 1.33. The summed E-state index contributed by atoms with van der Waals surface area (Å²) in [6, 6.07) is 8.37. The van der Waals surface area contributed by atoms with E-state index in [1.807, 2.05) is 6.07 Å². The zero-order chi connectivity index (χ0) is 13.2. The number of hydrogen-bond acceptors (Lipinski definition) is 1. The Balaban J connectivity index is 2.46. The lowest BCUT2D eigenvalue weighted by Crippen LogP contribution is -2.07. The molecule has 0 fully saturated rings. The van der Waals surface area contributed by atoms with Gasteiger partial charge in [-0.05, 0) is 30.4 Å². The topological polar surface area (TPSA) is 9.23 Å². The van der Waals surface area contributed by atoms with E-state index >= 15 is 0 Å². The molecule has 0 heterocycles. The molecule has 1 atom stereocenters. The number of rotatable bonds is 9. The summed E-state index contributed by atoms with van der Waals surface area (Å²) in [7, 11) is 1.75. The van der Waals surface area contributed by atoms with Crippen LogP contribution in [0.2, 0.25) is 0 Å². The molecule has 2 heteroatoms. The maximum Gasteiger partial charge on any atom is 0.122 e. The summed E-state index contributed by atoms with van der Waals surface area (Å²) in [4.78, 5) is 0. The number of benzene rings is 1. The summed E-state index contributed by atoms with van der Waals surface area (Å²) in [6.07, 6.45) is 7.81. The molecule has 0 aliphatic heterocycles. The van der Waals surface area contributed by atoms with Gasteiger partial charge in [0.25, 0.3) is 0 Å². The highest BCUT2D eigenvalue weighted by molar-refractivity contribution is 9.09. The van der Waals surface area contributed by atoms with Crippen LogP contribution in [0.3, 0.4) is 0 Å². The fraction of sp³-hybridized carbons (Fsp3) is 0.625. The number of para-hydroxylation sites is 1. The molecule has 1 rings (SSSR count). The van der Waals surface area contributed by atoms with Gasteiger partial charge in [-0.3, -0.25) is 0 Å². The van der Waals surface area contributed by atoms with Crippen LogP contribution in [-0.4, -0.2) is 12.4 Å². The Hall–Kier alpha value is -0.500. The van der Waals surface area contributed by atoms with Crippen molar-refractivity contribution < 1.29 is 4.74 Å². The Labute approximate surface area is 120 Å².